The Morgan fingerprint density at radius 1 is 0.933 bits per heavy atom. The predicted octanol–water partition coefficient (Wildman–Crippen LogP) is 4.91. The van der Waals surface area contributed by atoms with Crippen LogP contribution in [0.2, 0.25) is 0 Å². The van der Waals surface area contributed by atoms with E-state index in [1.807, 2.05) is 48.5 Å². The van der Waals surface area contributed by atoms with Crippen molar-refractivity contribution in [2.75, 3.05) is 13.7 Å². The van der Waals surface area contributed by atoms with Gasteiger partial charge in [0, 0.05) is 6.54 Å². The summed E-state index contributed by atoms with van der Waals surface area (Å²) in [5, 5.41) is 15.3. The Hall–Kier alpha value is -2.93. The number of methoxy groups -OCH3 is 1. The second-order valence-corrected chi connectivity index (χ2v) is 7.24. The van der Waals surface area contributed by atoms with Gasteiger partial charge in [-0.15, -0.1) is 0 Å². The molecule has 3 rings (SSSR count). The lowest BCUT2D eigenvalue weighted by atomic mass is 10.1. The minimum atomic E-state index is 0.286. The minimum Gasteiger partial charge on any atom is -0.493 e. The lowest BCUT2D eigenvalue weighted by Gasteiger charge is -2.12. The molecule has 0 spiro atoms. The highest BCUT2D eigenvalue weighted by Gasteiger charge is 2.14. The third-order valence-corrected chi connectivity index (χ3v) is 4.91. The number of aromatic nitrogens is 4. The number of nitrogens with one attached hydrogen (secondary N) is 1. The standard InChI is InChI=1S/C23H31N5O2/c1-3-4-5-6-7-11-16-24-18-19-14-15-21(22(17-19)29-2)30-23-25-26-27-28(23)20-12-9-8-10-13-20/h8-10,12-15,17,24H,3-7,11,16,18H2,1-2H3. The van der Waals surface area contributed by atoms with Gasteiger partial charge in [0.1, 0.15) is 0 Å². The Bertz CT molecular complexity index is 882. The molecule has 7 nitrogen and oxygen atoms in total. The largest absolute Gasteiger partial charge is 0.493 e. The average molecular weight is 410 g/mol. The number of rotatable bonds is 13. The molecule has 30 heavy (non-hydrogen) atoms. The molecule has 2 aromatic carbocycles. The highest BCUT2D eigenvalue weighted by molar-refractivity contribution is 5.44. The molecule has 0 bridgehead atoms. The second kappa shape index (κ2) is 11.9. The fourth-order valence-corrected chi connectivity index (χ4v) is 3.24. The number of tetrazole rings is 1. The van der Waals surface area contributed by atoms with Gasteiger partial charge in [0.25, 0.3) is 0 Å². The summed E-state index contributed by atoms with van der Waals surface area (Å²) in [4.78, 5) is 0. The average Bonchev–Trinajstić information content (AvgIpc) is 3.25. The van der Waals surface area contributed by atoms with Crippen LogP contribution < -0.4 is 14.8 Å². The number of ether oxygens (including phenoxy) is 2. The zero-order chi connectivity index (χ0) is 21.0. The van der Waals surface area contributed by atoms with E-state index in [9.17, 15) is 0 Å². The molecule has 0 aliphatic heterocycles. The van der Waals surface area contributed by atoms with Crippen LogP contribution in [0.3, 0.4) is 0 Å². The van der Waals surface area contributed by atoms with Crippen molar-refractivity contribution in [1.29, 1.82) is 0 Å². The van der Waals surface area contributed by atoms with E-state index in [1.54, 1.807) is 11.8 Å². The lowest BCUT2D eigenvalue weighted by molar-refractivity contribution is 0.362. The molecule has 1 heterocycles. The fourth-order valence-electron chi connectivity index (χ4n) is 3.24. The molecule has 160 valence electrons. The first-order valence-electron chi connectivity index (χ1n) is 10.7. The second-order valence-electron chi connectivity index (χ2n) is 7.24. The summed E-state index contributed by atoms with van der Waals surface area (Å²) in [6.45, 7) is 4.07. The monoisotopic (exact) mass is 409 g/mol. The normalized spacial score (nSPS) is 10.9. The zero-order valence-electron chi connectivity index (χ0n) is 17.9. The van der Waals surface area contributed by atoms with Gasteiger partial charge in [-0.05, 0) is 53.2 Å². The molecule has 7 heteroatoms. The Labute approximate surface area is 178 Å². The maximum absolute atomic E-state index is 5.95. The summed E-state index contributed by atoms with van der Waals surface area (Å²) in [5.74, 6) is 1.22. The zero-order valence-corrected chi connectivity index (χ0v) is 17.9. The number of hydrogen-bond donors (Lipinski definition) is 1. The fraction of sp³-hybridized carbons (Fsp3) is 0.435. The van der Waals surface area contributed by atoms with Crippen LogP contribution in [0.1, 0.15) is 51.0 Å². The molecular formula is C23H31N5O2. The maximum Gasteiger partial charge on any atom is 0.346 e. The lowest BCUT2D eigenvalue weighted by Crippen LogP contribution is -2.14. The van der Waals surface area contributed by atoms with Crippen LogP contribution in [0, 0.1) is 0 Å². The van der Waals surface area contributed by atoms with Gasteiger partial charge < -0.3 is 14.8 Å². The molecule has 0 saturated heterocycles. The van der Waals surface area contributed by atoms with E-state index < -0.39 is 0 Å². The summed E-state index contributed by atoms with van der Waals surface area (Å²) in [6.07, 6.45) is 7.82. The summed E-state index contributed by atoms with van der Waals surface area (Å²) >= 11 is 0. The van der Waals surface area contributed by atoms with E-state index in [0.717, 1.165) is 24.3 Å². The molecule has 0 aliphatic rings. The first-order valence-corrected chi connectivity index (χ1v) is 10.7. The first kappa shape index (κ1) is 21.8. The molecule has 3 aromatic rings. The van der Waals surface area contributed by atoms with Crippen molar-refractivity contribution in [3.63, 3.8) is 0 Å². The van der Waals surface area contributed by atoms with Crippen LogP contribution in [0.25, 0.3) is 5.69 Å². The SMILES string of the molecule is CCCCCCCCNCc1ccc(Oc2nnnn2-c2ccccc2)c(OC)c1. The topological polar surface area (TPSA) is 74.1 Å². The van der Waals surface area contributed by atoms with Crippen LogP contribution >= 0.6 is 0 Å². The molecule has 0 atom stereocenters. The summed E-state index contributed by atoms with van der Waals surface area (Å²) in [7, 11) is 1.63. The van der Waals surface area contributed by atoms with Crippen LogP contribution in [-0.4, -0.2) is 33.9 Å². The van der Waals surface area contributed by atoms with Gasteiger partial charge in [-0.25, -0.2) is 0 Å². The van der Waals surface area contributed by atoms with Crippen LogP contribution in [0.5, 0.6) is 17.5 Å². The number of nitrogens with zero attached hydrogens (tertiary/aromatic N) is 4. The van der Waals surface area contributed by atoms with Crippen LogP contribution in [-0.2, 0) is 6.54 Å². The van der Waals surface area contributed by atoms with Crippen LogP contribution in [0.15, 0.2) is 48.5 Å². The molecule has 0 amide bonds. The van der Waals surface area contributed by atoms with E-state index >= 15 is 0 Å². The quantitative estimate of drug-likeness (QED) is 0.404. The van der Waals surface area contributed by atoms with Crippen molar-refractivity contribution in [2.24, 2.45) is 0 Å². The van der Waals surface area contributed by atoms with Crippen molar-refractivity contribution >= 4 is 0 Å². The Balaban J connectivity index is 1.55. The van der Waals surface area contributed by atoms with E-state index in [4.69, 9.17) is 9.47 Å². The maximum atomic E-state index is 5.95. The van der Waals surface area contributed by atoms with Crippen molar-refractivity contribution in [3.05, 3.63) is 54.1 Å². The van der Waals surface area contributed by atoms with Gasteiger partial charge in [-0.3, -0.25) is 0 Å². The number of hydrogen-bond acceptors (Lipinski definition) is 6. The van der Waals surface area contributed by atoms with Crippen molar-refractivity contribution < 1.29 is 9.47 Å². The highest BCUT2D eigenvalue weighted by Crippen LogP contribution is 2.32. The third-order valence-electron chi connectivity index (χ3n) is 4.91. The number of para-hydroxylation sites is 1. The summed E-state index contributed by atoms with van der Waals surface area (Å²) in [6, 6.07) is 15.8. The van der Waals surface area contributed by atoms with Gasteiger partial charge in [-0.2, -0.15) is 4.68 Å². The molecule has 0 saturated carbocycles. The molecule has 0 aliphatic carbocycles. The smallest absolute Gasteiger partial charge is 0.346 e. The predicted molar refractivity (Wildman–Crippen MR) is 117 cm³/mol. The van der Waals surface area contributed by atoms with Gasteiger partial charge in [0.05, 0.1) is 12.8 Å². The number of benzene rings is 2. The molecule has 0 unspecified atom stereocenters. The Morgan fingerprint density at radius 2 is 1.73 bits per heavy atom. The third kappa shape index (κ3) is 6.29. The highest BCUT2D eigenvalue weighted by atomic mass is 16.5. The minimum absolute atomic E-state index is 0.286. The molecule has 1 N–H and O–H groups in total. The molecule has 0 radical (unpaired) electrons. The number of unbranched alkanes of at least 4 members (excludes halogenated alkanes) is 5. The van der Waals surface area contributed by atoms with E-state index in [1.165, 1.54) is 38.5 Å². The van der Waals surface area contributed by atoms with Crippen molar-refractivity contribution in [2.45, 2.75) is 52.0 Å². The Morgan fingerprint density at radius 3 is 2.53 bits per heavy atom. The first-order chi connectivity index (χ1) is 14.8. The van der Waals surface area contributed by atoms with E-state index in [-0.39, 0.29) is 6.01 Å². The van der Waals surface area contributed by atoms with Gasteiger partial charge >= 0.3 is 6.01 Å². The summed E-state index contributed by atoms with van der Waals surface area (Å²) < 4.78 is 13.0. The van der Waals surface area contributed by atoms with Crippen molar-refractivity contribution in [3.8, 4) is 23.2 Å². The van der Waals surface area contributed by atoms with Gasteiger partial charge in [-0.1, -0.05) is 68.4 Å². The Kier molecular flexibility index (Phi) is 8.65. The molecular weight excluding hydrogens is 378 g/mol. The van der Waals surface area contributed by atoms with Gasteiger partial charge in [0.2, 0.25) is 0 Å². The van der Waals surface area contributed by atoms with Crippen molar-refractivity contribution in [1.82, 2.24) is 25.5 Å². The van der Waals surface area contributed by atoms with Crippen LogP contribution in [0.4, 0.5) is 0 Å². The van der Waals surface area contributed by atoms with E-state index in [2.05, 4.69) is 27.8 Å². The van der Waals surface area contributed by atoms with E-state index in [0.29, 0.717) is 11.5 Å². The van der Waals surface area contributed by atoms with Gasteiger partial charge in [0.15, 0.2) is 11.5 Å². The molecule has 1 aromatic heterocycles. The molecule has 0 fully saturated rings. The summed E-state index contributed by atoms with van der Waals surface area (Å²) in [5.41, 5.74) is 1.97.